The van der Waals surface area contributed by atoms with E-state index in [0.717, 1.165) is 0 Å². The molecule has 0 aliphatic rings. The van der Waals surface area contributed by atoms with E-state index >= 15 is 0 Å². The molecule has 0 fully saturated rings. The van der Waals surface area contributed by atoms with E-state index < -0.39 is 20.9 Å². The van der Waals surface area contributed by atoms with Crippen molar-refractivity contribution in [2.24, 2.45) is 0 Å². The Bertz CT molecular complexity index is 787. The van der Waals surface area contributed by atoms with Crippen LogP contribution < -0.4 is 5.32 Å². The zero-order valence-electron chi connectivity index (χ0n) is 13.2. The van der Waals surface area contributed by atoms with Crippen molar-refractivity contribution >= 4 is 15.7 Å². The highest BCUT2D eigenvalue weighted by molar-refractivity contribution is 7.90. The summed E-state index contributed by atoms with van der Waals surface area (Å²) in [5, 5.41) is 9.51. The van der Waals surface area contributed by atoms with Crippen LogP contribution in [0.15, 0.2) is 33.9 Å². The molecule has 0 saturated carbocycles. The van der Waals surface area contributed by atoms with Crippen LogP contribution >= 0.6 is 0 Å². The van der Waals surface area contributed by atoms with Gasteiger partial charge in [-0.05, 0) is 24.1 Å². The summed E-state index contributed by atoms with van der Waals surface area (Å²) >= 11 is 0. The number of carbonyl (C=O) groups is 1. The van der Waals surface area contributed by atoms with Gasteiger partial charge >= 0.3 is 5.22 Å². The molecular formula is C15H18FN3O4S. The van der Waals surface area contributed by atoms with E-state index in [1.807, 2.05) is 0 Å². The summed E-state index contributed by atoms with van der Waals surface area (Å²) in [5.41, 5.74) is 0.429. The van der Waals surface area contributed by atoms with Gasteiger partial charge in [0.25, 0.3) is 0 Å². The van der Waals surface area contributed by atoms with Gasteiger partial charge < -0.3 is 9.73 Å². The van der Waals surface area contributed by atoms with Crippen LogP contribution in [-0.2, 0) is 26.8 Å². The molecule has 0 spiro atoms. The summed E-state index contributed by atoms with van der Waals surface area (Å²) in [4.78, 5) is 11.1. The van der Waals surface area contributed by atoms with Gasteiger partial charge in [-0.25, -0.2) is 12.8 Å². The van der Waals surface area contributed by atoms with E-state index in [4.69, 9.17) is 4.42 Å². The first-order chi connectivity index (χ1) is 11.4. The highest BCUT2D eigenvalue weighted by Crippen LogP contribution is 2.16. The van der Waals surface area contributed by atoms with Crippen LogP contribution in [0.5, 0.6) is 0 Å². The zero-order valence-corrected chi connectivity index (χ0v) is 14.0. The maximum atomic E-state index is 12.8. The molecule has 7 nitrogen and oxygen atoms in total. The van der Waals surface area contributed by atoms with E-state index in [0.29, 0.717) is 31.4 Å². The zero-order chi connectivity index (χ0) is 17.6. The molecule has 2 rings (SSSR count). The summed E-state index contributed by atoms with van der Waals surface area (Å²) in [5.74, 6) is -0.644. The van der Waals surface area contributed by atoms with Crippen molar-refractivity contribution in [1.82, 2.24) is 15.5 Å². The largest absolute Gasteiger partial charge is 0.413 e. The maximum absolute atomic E-state index is 12.8. The van der Waals surface area contributed by atoms with Crippen LogP contribution in [0.2, 0.25) is 0 Å². The number of hydrogen-bond donors (Lipinski definition) is 1. The fourth-order valence-corrected chi connectivity index (χ4v) is 3.06. The van der Waals surface area contributed by atoms with Crippen molar-refractivity contribution < 1.29 is 22.0 Å². The minimum absolute atomic E-state index is 0.0527. The molecule has 0 aliphatic carbocycles. The molecule has 1 aromatic carbocycles. The number of nitrogens with one attached hydrogen (secondary N) is 1. The number of sulfone groups is 1. The van der Waals surface area contributed by atoms with Crippen LogP contribution in [-0.4, -0.2) is 31.1 Å². The van der Waals surface area contributed by atoms with E-state index in [1.165, 1.54) is 24.3 Å². The Morgan fingerprint density at radius 3 is 2.62 bits per heavy atom. The normalized spacial score (nSPS) is 11.4. The number of hydrogen-bond acceptors (Lipinski definition) is 6. The minimum atomic E-state index is -3.79. The lowest BCUT2D eigenvalue weighted by atomic mass is 10.2. The van der Waals surface area contributed by atoms with Gasteiger partial charge in [0.05, 0.1) is 5.75 Å². The summed E-state index contributed by atoms with van der Waals surface area (Å²) in [6.07, 6.45) is 1.33. The first kappa shape index (κ1) is 18.1. The molecule has 0 unspecified atom stereocenters. The second-order valence-corrected chi connectivity index (χ2v) is 7.02. The molecule has 1 N–H and O–H groups in total. The topological polar surface area (TPSA) is 102 Å². The molecule has 0 radical (unpaired) electrons. The molecule has 9 heteroatoms. The average molecular weight is 355 g/mol. The SMILES string of the molecule is CCC(=O)NCCCc1nnc(S(=O)(=O)Cc2ccc(F)cc2)o1. The molecule has 1 amide bonds. The Kier molecular flexibility index (Phi) is 6.02. The second-order valence-electron chi connectivity index (χ2n) is 5.15. The lowest BCUT2D eigenvalue weighted by Crippen LogP contribution is -2.23. The Morgan fingerprint density at radius 1 is 1.25 bits per heavy atom. The number of aryl methyl sites for hydroxylation is 1. The Balaban J connectivity index is 1.93. The number of nitrogens with zero attached hydrogens (tertiary/aromatic N) is 2. The third-order valence-corrected chi connectivity index (χ3v) is 4.61. The average Bonchev–Trinajstić information content (AvgIpc) is 3.03. The predicted octanol–water partition coefficient (Wildman–Crippen LogP) is 1.64. The summed E-state index contributed by atoms with van der Waals surface area (Å²) in [6.45, 7) is 2.21. The summed E-state index contributed by atoms with van der Waals surface area (Å²) in [7, 11) is -3.79. The van der Waals surface area contributed by atoms with Gasteiger partial charge in [0, 0.05) is 19.4 Å². The number of rotatable bonds is 8. The van der Waals surface area contributed by atoms with E-state index in [9.17, 15) is 17.6 Å². The lowest BCUT2D eigenvalue weighted by molar-refractivity contribution is -0.120. The van der Waals surface area contributed by atoms with Crippen LogP contribution in [0.3, 0.4) is 0 Å². The minimum Gasteiger partial charge on any atom is -0.413 e. The molecule has 0 bridgehead atoms. The third kappa shape index (κ3) is 5.12. The van der Waals surface area contributed by atoms with Gasteiger partial charge in [0.2, 0.25) is 21.6 Å². The maximum Gasteiger partial charge on any atom is 0.335 e. The van der Waals surface area contributed by atoms with Gasteiger partial charge in [-0.2, -0.15) is 0 Å². The van der Waals surface area contributed by atoms with Crippen molar-refractivity contribution in [2.75, 3.05) is 6.54 Å². The summed E-state index contributed by atoms with van der Waals surface area (Å²) in [6, 6.07) is 5.16. The van der Waals surface area contributed by atoms with E-state index in [2.05, 4.69) is 15.5 Å². The van der Waals surface area contributed by atoms with Crippen LogP contribution in [0, 0.1) is 5.82 Å². The first-order valence-electron chi connectivity index (χ1n) is 7.47. The van der Waals surface area contributed by atoms with Crippen molar-refractivity contribution in [3.63, 3.8) is 0 Å². The molecule has 0 aliphatic heterocycles. The van der Waals surface area contributed by atoms with Gasteiger partial charge in [-0.3, -0.25) is 4.79 Å². The number of benzene rings is 1. The standard InChI is InChI=1S/C15H18FN3O4S/c1-2-13(20)17-9-3-4-14-18-19-15(23-14)24(21,22)10-11-5-7-12(16)8-6-11/h5-8H,2-4,9-10H2,1H3,(H,17,20). The Hall–Kier alpha value is -2.29. The second kappa shape index (κ2) is 8.00. The van der Waals surface area contributed by atoms with Gasteiger partial charge in [0.15, 0.2) is 0 Å². The van der Waals surface area contributed by atoms with Crippen LogP contribution in [0.4, 0.5) is 4.39 Å². The first-order valence-corrected chi connectivity index (χ1v) is 9.12. The van der Waals surface area contributed by atoms with Gasteiger partial charge in [0.1, 0.15) is 5.82 Å². The van der Waals surface area contributed by atoms with E-state index in [1.54, 1.807) is 6.92 Å². The number of amides is 1. The molecule has 0 saturated heterocycles. The molecule has 1 aromatic heterocycles. The third-order valence-electron chi connectivity index (χ3n) is 3.20. The van der Waals surface area contributed by atoms with Crippen molar-refractivity contribution in [3.8, 4) is 0 Å². The highest BCUT2D eigenvalue weighted by Gasteiger charge is 2.23. The highest BCUT2D eigenvalue weighted by atomic mass is 32.2. The fraction of sp³-hybridized carbons (Fsp3) is 0.400. The monoisotopic (exact) mass is 355 g/mol. The van der Waals surface area contributed by atoms with Crippen molar-refractivity contribution in [3.05, 3.63) is 41.5 Å². The van der Waals surface area contributed by atoms with Gasteiger partial charge in [-0.15, -0.1) is 5.10 Å². The predicted molar refractivity (Wildman–Crippen MR) is 83.2 cm³/mol. The van der Waals surface area contributed by atoms with Gasteiger partial charge in [-0.1, -0.05) is 24.2 Å². The Morgan fingerprint density at radius 2 is 1.96 bits per heavy atom. The van der Waals surface area contributed by atoms with Crippen molar-refractivity contribution in [2.45, 2.75) is 37.2 Å². The quantitative estimate of drug-likeness (QED) is 0.722. The Labute approximate surface area is 139 Å². The molecule has 24 heavy (non-hydrogen) atoms. The number of halogens is 1. The molecule has 2 aromatic rings. The summed E-state index contributed by atoms with van der Waals surface area (Å²) < 4.78 is 42.5. The van der Waals surface area contributed by atoms with Crippen LogP contribution in [0.25, 0.3) is 0 Å². The number of carbonyl (C=O) groups excluding carboxylic acids is 1. The molecular weight excluding hydrogens is 337 g/mol. The smallest absolute Gasteiger partial charge is 0.335 e. The van der Waals surface area contributed by atoms with Crippen LogP contribution in [0.1, 0.15) is 31.2 Å². The molecule has 1 heterocycles. The number of aromatic nitrogens is 2. The molecule has 130 valence electrons. The van der Waals surface area contributed by atoms with Crippen molar-refractivity contribution in [1.29, 1.82) is 0 Å². The molecule has 0 atom stereocenters. The fourth-order valence-electron chi connectivity index (χ4n) is 1.92. The van der Waals surface area contributed by atoms with E-state index in [-0.39, 0.29) is 17.6 Å². The lowest BCUT2D eigenvalue weighted by Gasteiger charge is -2.01.